The van der Waals surface area contributed by atoms with Crippen molar-refractivity contribution < 1.29 is 4.42 Å². The third-order valence-electron chi connectivity index (χ3n) is 4.31. The van der Waals surface area contributed by atoms with Gasteiger partial charge in [-0.3, -0.25) is 0 Å². The second-order valence-electron chi connectivity index (χ2n) is 5.90. The highest BCUT2D eigenvalue weighted by molar-refractivity contribution is 5.11. The standard InChI is InChI=1S/C17H29NO/c1-3-12-18-16(13-14-8-6-5-7-9-14)17-11-10-15(4-2)19-17/h10-11,14,16,18H,3-9,12-13H2,1-2H3. The number of rotatable bonds is 7. The molecule has 0 aromatic carbocycles. The summed E-state index contributed by atoms with van der Waals surface area (Å²) in [6.07, 6.45) is 10.5. The zero-order chi connectivity index (χ0) is 13.5. The minimum atomic E-state index is 0.420. The van der Waals surface area contributed by atoms with Gasteiger partial charge in [0, 0.05) is 6.42 Å². The van der Waals surface area contributed by atoms with E-state index in [4.69, 9.17) is 4.42 Å². The van der Waals surface area contributed by atoms with Gasteiger partial charge in [0.1, 0.15) is 11.5 Å². The lowest BCUT2D eigenvalue weighted by atomic mass is 9.84. The van der Waals surface area contributed by atoms with Gasteiger partial charge in [0.25, 0.3) is 0 Å². The maximum atomic E-state index is 5.97. The molecule has 2 nitrogen and oxygen atoms in total. The van der Waals surface area contributed by atoms with Gasteiger partial charge in [0.05, 0.1) is 6.04 Å². The molecule has 2 heteroatoms. The van der Waals surface area contributed by atoms with E-state index >= 15 is 0 Å². The SMILES string of the molecule is CCCNC(CC1CCCCC1)c1ccc(CC)o1. The van der Waals surface area contributed by atoms with Gasteiger partial charge in [-0.2, -0.15) is 0 Å². The molecule has 0 aliphatic heterocycles. The molecule has 1 aliphatic carbocycles. The van der Waals surface area contributed by atoms with Crippen molar-refractivity contribution in [1.82, 2.24) is 5.32 Å². The Morgan fingerprint density at radius 2 is 2.00 bits per heavy atom. The van der Waals surface area contributed by atoms with E-state index in [0.29, 0.717) is 6.04 Å². The molecule has 1 heterocycles. The van der Waals surface area contributed by atoms with Crippen molar-refractivity contribution in [3.63, 3.8) is 0 Å². The topological polar surface area (TPSA) is 25.2 Å². The minimum absolute atomic E-state index is 0.420. The monoisotopic (exact) mass is 263 g/mol. The highest BCUT2D eigenvalue weighted by atomic mass is 16.3. The average molecular weight is 263 g/mol. The van der Waals surface area contributed by atoms with Gasteiger partial charge in [0.2, 0.25) is 0 Å². The molecule has 1 atom stereocenters. The van der Waals surface area contributed by atoms with Gasteiger partial charge in [0.15, 0.2) is 0 Å². The summed E-state index contributed by atoms with van der Waals surface area (Å²) in [5, 5.41) is 3.68. The maximum absolute atomic E-state index is 5.97. The zero-order valence-electron chi connectivity index (χ0n) is 12.6. The molecule has 0 radical (unpaired) electrons. The number of aryl methyl sites for hydroxylation is 1. The molecular weight excluding hydrogens is 234 g/mol. The van der Waals surface area contributed by atoms with Gasteiger partial charge in [-0.05, 0) is 37.4 Å². The van der Waals surface area contributed by atoms with Crippen molar-refractivity contribution in [2.75, 3.05) is 6.54 Å². The van der Waals surface area contributed by atoms with Crippen molar-refractivity contribution in [3.8, 4) is 0 Å². The van der Waals surface area contributed by atoms with Crippen LogP contribution in [0.2, 0.25) is 0 Å². The number of hydrogen-bond acceptors (Lipinski definition) is 2. The quantitative estimate of drug-likeness (QED) is 0.760. The van der Waals surface area contributed by atoms with Crippen LogP contribution in [0.3, 0.4) is 0 Å². The summed E-state index contributed by atoms with van der Waals surface area (Å²) >= 11 is 0. The lowest BCUT2D eigenvalue weighted by Crippen LogP contribution is -2.25. The highest BCUT2D eigenvalue weighted by Gasteiger charge is 2.21. The number of furan rings is 1. The van der Waals surface area contributed by atoms with Crippen LogP contribution in [0.5, 0.6) is 0 Å². The Balaban J connectivity index is 1.97. The van der Waals surface area contributed by atoms with E-state index in [0.717, 1.165) is 30.4 Å². The summed E-state index contributed by atoms with van der Waals surface area (Å²) in [7, 11) is 0. The molecule has 2 rings (SSSR count). The van der Waals surface area contributed by atoms with Gasteiger partial charge in [-0.25, -0.2) is 0 Å². The first kappa shape index (κ1) is 14.6. The summed E-state index contributed by atoms with van der Waals surface area (Å²) in [4.78, 5) is 0. The van der Waals surface area contributed by atoms with Gasteiger partial charge >= 0.3 is 0 Å². The van der Waals surface area contributed by atoms with E-state index < -0.39 is 0 Å². The Morgan fingerprint density at radius 1 is 1.21 bits per heavy atom. The summed E-state index contributed by atoms with van der Waals surface area (Å²) in [5.41, 5.74) is 0. The van der Waals surface area contributed by atoms with Crippen LogP contribution < -0.4 is 5.32 Å². The van der Waals surface area contributed by atoms with Crippen molar-refractivity contribution in [2.24, 2.45) is 5.92 Å². The molecule has 0 bridgehead atoms. The van der Waals surface area contributed by atoms with Crippen molar-refractivity contribution in [1.29, 1.82) is 0 Å². The predicted octanol–water partition coefficient (Wildman–Crippen LogP) is 4.85. The van der Waals surface area contributed by atoms with Crippen LogP contribution in [0.4, 0.5) is 0 Å². The second kappa shape index (κ2) is 7.74. The molecule has 1 aromatic heterocycles. The summed E-state index contributed by atoms with van der Waals surface area (Å²) < 4.78 is 5.97. The van der Waals surface area contributed by atoms with E-state index in [1.807, 2.05) is 0 Å². The largest absolute Gasteiger partial charge is 0.464 e. The highest BCUT2D eigenvalue weighted by Crippen LogP contribution is 2.32. The van der Waals surface area contributed by atoms with Crippen molar-refractivity contribution in [3.05, 3.63) is 23.7 Å². The Hall–Kier alpha value is -0.760. The number of nitrogens with one attached hydrogen (secondary N) is 1. The first-order valence-electron chi connectivity index (χ1n) is 8.15. The summed E-state index contributed by atoms with van der Waals surface area (Å²) in [6.45, 7) is 5.46. The van der Waals surface area contributed by atoms with Crippen molar-refractivity contribution >= 4 is 0 Å². The molecule has 0 amide bonds. The normalized spacial score (nSPS) is 18.6. The number of hydrogen-bond donors (Lipinski definition) is 1. The maximum Gasteiger partial charge on any atom is 0.121 e. The summed E-state index contributed by atoms with van der Waals surface area (Å²) in [6, 6.07) is 4.73. The molecule has 1 N–H and O–H groups in total. The minimum Gasteiger partial charge on any atom is -0.464 e. The predicted molar refractivity (Wildman–Crippen MR) is 80.3 cm³/mol. The van der Waals surface area contributed by atoms with E-state index in [1.54, 1.807) is 0 Å². The Labute approximate surface area is 118 Å². The Morgan fingerprint density at radius 3 is 2.63 bits per heavy atom. The lowest BCUT2D eigenvalue weighted by Gasteiger charge is -2.26. The van der Waals surface area contributed by atoms with E-state index in [-0.39, 0.29) is 0 Å². The van der Waals surface area contributed by atoms with Gasteiger partial charge < -0.3 is 9.73 Å². The molecule has 0 saturated heterocycles. The van der Waals surface area contributed by atoms with Crippen LogP contribution in [0.1, 0.15) is 76.4 Å². The molecule has 1 aliphatic rings. The first-order chi connectivity index (χ1) is 9.33. The Kier molecular flexibility index (Phi) is 5.96. The molecule has 1 saturated carbocycles. The molecule has 1 unspecified atom stereocenters. The third kappa shape index (κ3) is 4.38. The molecular formula is C17H29NO. The summed E-state index contributed by atoms with van der Waals surface area (Å²) in [5.74, 6) is 3.15. The Bertz CT molecular complexity index is 352. The molecule has 1 aromatic rings. The van der Waals surface area contributed by atoms with Crippen LogP contribution >= 0.6 is 0 Å². The smallest absolute Gasteiger partial charge is 0.121 e. The molecule has 0 spiro atoms. The average Bonchev–Trinajstić information content (AvgIpc) is 2.93. The van der Waals surface area contributed by atoms with Crippen LogP contribution in [-0.2, 0) is 6.42 Å². The molecule has 19 heavy (non-hydrogen) atoms. The fourth-order valence-electron chi connectivity index (χ4n) is 3.15. The van der Waals surface area contributed by atoms with Crippen LogP contribution in [-0.4, -0.2) is 6.54 Å². The van der Waals surface area contributed by atoms with Crippen molar-refractivity contribution in [2.45, 2.75) is 71.3 Å². The van der Waals surface area contributed by atoms with E-state index in [2.05, 4.69) is 31.3 Å². The van der Waals surface area contributed by atoms with Gasteiger partial charge in [-0.15, -0.1) is 0 Å². The van der Waals surface area contributed by atoms with Crippen LogP contribution in [0.15, 0.2) is 16.5 Å². The lowest BCUT2D eigenvalue weighted by molar-refractivity contribution is 0.277. The zero-order valence-corrected chi connectivity index (χ0v) is 12.6. The second-order valence-corrected chi connectivity index (χ2v) is 5.90. The van der Waals surface area contributed by atoms with Gasteiger partial charge in [-0.1, -0.05) is 46.0 Å². The first-order valence-corrected chi connectivity index (χ1v) is 8.15. The van der Waals surface area contributed by atoms with Crippen LogP contribution in [0.25, 0.3) is 0 Å². The fraction of sp³-hybridized carbons (Fsp3) is 0.765. The van der Waals surface area contributed by atoms with E-state index in [9.17, 15) is 0 Å². The molecule has 108 valence electrons. The molecule has 1 fully saturated rings. The van der Waals surface area contributed by atoms with Crippen LogP contribution in [0, 0.1) is 5.92 Å². The van der Waals surface area contributed by atoms with E-state index in [1.165, 1.54) is 44.9 Å². The third-order valence-corrected chi connectivity index (χ3v) is 4.31. The fourth-order valence-corrected chi connectivity index (χ4v) is 3.15.